The summed E-state index contributed by atoms with van der Waals surface area (Å²) in [6.45, 7) is 4.67. The van der Waals surface area contributed by atoms with E-state index in [1.165, 1.54) is 0 Å². The van der Waals surface area contributed by atoms with E-state index in [0.717, 1.165) is 34.1 Å². The van der Waals surface area contributed by atoms with Gasteiger partial charge >= 0.3 is 0 Å². The first-order chi connectivity index (χ1) is 8.08. The molecule has 0 aromatic heterocycles. The summed E-state index contributed by atoms with van der Waals surface area (Å²) in [4.78, 5) is 12.0. The van der Waals surface area contributed by atoms with Crippen molar-refractivity contribution in [1.82, 2.24) is 0 Å². The van der Waals surface area contributed by atoms with Crippen LogP contribution in [0.2, 0.25) is 0 Å². The average Bonchev–Trinajstić information content (AvgIpc) is 2.76. The largest absolute Gasteiger partial charge is 0.368 e. The van der Waals surface area contributed by atoms with Crippen LogP contribution in [0, 0.1) is 13.8 Å². The molecule has 0 aliphatic carbocycles. The van der Waals surface area contributed by atoms with Gasteiger partial charge in [-0.25, -0.2) is 0 Å². The Bertz CT molecular complexity index is 416. The summed E-state index contributed by atoms with van der Waals surface area (Å²) >= 11 is 3.44. The molecule has 2 rings (SSSR count). The van der Waals surface area contributed by atoms with Crippen LogP contribution in [-0.4, -0.2) is 18.6 Å². The van der Waals surface area contributed by atoms with E-state index in [1.807, 2.05) is 26.0 Å². The van der Waals surface area contributed by atoms with Crippen molar-refractivity contribution in [3.8, 4) is 0 Å². The first kappa shape index (κ1) is 12.6. The predicted molar refractivity (Wildman–Crippen MR) is 71.2 cm³/mol. The first-order valence-electron chi connectivity index (χ1n) is 5.77. The van der Waals surface area contributed by atoms with E-state index in [2.05, 4.69) is 21.2 Å². The minimum absolute atomic E-state index is 0.0315. The van der Waals surface area contributed by atoms with Crippen LogP contribution >= 0.6 is 15.9 Å². The summed E-state index contributed by atoms with van der Waals surface area (Å²) in [6.07, 6.45) is 1.51. The Kier molecular flexibility index (Phi) is 3.84. The molecule has 1 atom stereocenters. The predicted octanol–water partition coefficient (Wildman–Crippen LogP) is 3.18. The molecule has 0 spiro atoms. The monoisotopic (exact) mass is 297 g/mol. The highest BCUT2D eigenvalue weighted by Gasteiger charge is 2.24. The van der Waals surface area contributed by atoms with E-state index in [-0.39, 0.29) is 12.0 Å². The zero-order chi connectivity index (χ0) is 12.4. The van der Waals surface area contributed by atoms with E-state index in [1.54, 1.807) is 0 Å². The molecule has 1 aromatic rings. The fourth-order valence-electron chi connectivity index (χ4n) is 2.10. The maximum Gasteiger partial charge on any atom is 0.253 e. The maximum atomic E-state index is 12.0. The normalized spacial score (nSPS) is 19.4. The van der Waals surface area contributed by atoms with Gasteiger partial charge in [-0.15, -0.1) is 0 Å². The number of carbonyl (C=O) groups is 1. The highest BCUT2D eigenvalue weighted by atomic mass is 79.9. The molecule has 0 unspecified atom stereocenters. The van der Waals surface area contributed by atoms with E-state index < -0.39 is 0 Å². The van der Waals surface area contributed by atoms with Crippen LogP contribution in [0.25, 0.3) is 0 Å². The second-order valence-corrected chi connectivity index (χ2v) is 5.32. The van der Waals surface area contributed by atoms with Crippen molar-refractivity contribution >= 4 is 27.5 Å². The second-order valence-electron chi connectivity index (χ2n) is 4.41. The third kappa shape index (κ3) is 2.87. The van der Waals surface area contributed by atoms with Crippen LogP contribution in [0.4, 0.5) is 5.69 Å². The molecule has 0 bridgehead atoms. The van der Waals surface area contributed by atoms with Gasteiger partial charge in [-0.2, -0.15) is 0 Å². The molecule has 0 radical (unpaired) electrons. The van der Waals surface area contributed by atoms with Gasteiger partial charge in [-0.05, 0) is 49.9 Å². The van der Waals surface area contributed by atoms with Crippen molar-refractivity contribution in [2.45, 2.75) is 32.8 Å². The number of anilines is 1. The fraction of sp³-hybridized carbons (Fsp3) is 0.462. The molecule has 17 heavy (non-hydrogen) atoms. The van der Waals surface area contributed by atoms with E-state index in [0.29, 0.717) is 6.61 Å². The molecule has 1 aromatic carbocycles. The van der Waals surface area contributed by atoms with Gasteiger partial charge in [0.2, 0.25) is 0 Å². The Morgan fingerprint density at radius 2 is 2.06 bits per heavy atom. The number of amides is 1. The number of halogens is 1. The summed E-state index contributed by atoms with van der Waals surface area (Å²) < 4.78 is 6.40. The van der Waals surface area contributed by atoms with Gasteiger partial charge in [0.15, 0.2) is 0 Å². The number of aryl methyl sites for hydroxylation is 2. The van der Waals surface area contributed by atoms with Crippen molar-refractivity contribution in [3.63, 3.8) is 0 Å². The van der Waals surface area contributed by atoms with E-state index in [9.17, 15) is 4.79 Å². The quantitative estimate of drug-likeness (QED) is 0.910. The smallest absolute Gasteiger partial charge is 0.253 e. The molecule has 1 saturated heterocycles. The van der Waals surface area contributed by atoms with Crippen LogP contribution in [-0.2, 0) is 9.53 Å². The van der Waals surface area contributed by atoms with Gasteiger partial charge in [0, 0.05) is 16.8 Å². The molecule has 1 aliphatic rings. The van der Waals surface area contributed by atoms with Gasteiger partial charge in [0.1, 0.15) is 6.10 Å². The Hall–Kier alpha value is -0.870. The van der Waals surface area contributed by atoms with Gasteiger partial charge in [-0.3, -0.25) is 4.79 Å². The van der Waals surface area contributed by atoms with E-state index >= 15 is 0 Å². The minimum atomic E-state index is -0.280. The molecule has 1 N–H and O–H groups in total. The molecule has 1 aliphatic heterocycles. The lowest BCUT2D eigenvalue weighted by atomic mass is 10.1. The van der Waals surface area contributed by atoms with Gasteiger partial charge < -0.3 is 10.1 Å². The zero-order valence-corrected chi connectivity index (χ0v) is 11.6. The molecule has 1 fully saturated rings. The lowest BCUT2D eigenvalue weighted by Gasteiger charge is -2.15. The summed E-state index contributed by atoms with van der Waals surface area (Å²) in [5.74, 6) is -0.0315. The number of hydrogen-bond donors (Lipinski definition) is 1. The lowest BCUT2D eigenvalue weighted by molar-refractivity contribution is -0.124. The summed E-state index contributed by atoms with van der Waals surface area (Å²) in [5.41, 5.74) is 3.01. The fourth-order valence-corrected chi connectivity index (χ4v) is 2.78. The van der Waals surface area contributed by atoms with Crippen molar-refractivity contribution < 1.29 is 9.53 Å². The van der Waals surface area contributed by atoms with Crippen molar-refractivity contribution in [3.05, 3.63) is 27.7 Å². The highest BCUT2D eigenvalue weighted by Crippen LogP contribution is 2.26. The molecular weight excluding hydrogens is 282 g/mol. The molecule has 1 heterocycles. The average molecular weight is 298 g/mol. The lowest BCUT2D eigenvalue weighted by Crippen LogP contribution is -2.27. The molecule has 0 saturated carbocycles. The molecule has 3 nitrogen and oxygen atoms in total. The number of nitrogens with one attached hydrogen (secondary N) is 1. The molecular formula is C13H16BrNO2. The second kappa shape index (κ2) is 5.19. The number of ether oxygens (including phenoxy) is 1. The van der Waals surface area contributed by atoms with Crippen LogP contribution in [0.15, 0.2) is 16.6 Å². The summed E-state index contributed by atoms with van der Waals surface area (Å²) in [7, 11) is 0. The first-order valence-corrected chi connectivity index (χ1v) is 6.56. The molecule has 92 valence electrons. The molecule has 1 amide bonds. The topological polar surface area (TPSA) is 38.3 Å². The Labute approximate surface area is 110 Å². The summed E-state index contributed by atoms with van der Waals surface area (Å²) in [5, 5.41) is 2.96. The third-order valence-electron chi connectivity index (χ3n) is 2.97. The van der Waals surface area contributed by atoms with Gasteiger partial charge in [0.25, 0.3) is 5.91 Å². The Balaban J connectivity index is 2.15. The van der Waals surface area contributed by atoms with Crippen LogP contribution in [0.5, 0.6) is 0 Å². The van der Waals surface area contributed by atoms with Crippen molar-refractivity contribution in [2.24, 2.45) is 0 Å². The van der Waals surface area contributed by atoms with E-state index in [4.69, 9.17) is 4.74 Å². The number of hydrogen-bond acceptors (Lipinski definition) is 2. The number of benzene rings is 1. The van der Waals surface area contributed by atoms with Crippen LogP contribution in [0.1, 0.15) is 24.0 Å². The SMILES string of the molecule is Cc1cc(Br)cc(C)c1NC(=O)[C@@H]1CCCO1. The Morgan fingerprint density at radius 1 is 1.41 bits per heavy atom. The number of carbonyl (C=O) groups excluding carboxylic acids is 1. The van der Waals surface area contributed by atoms with Crippen LogP contribution in [0.3, 0.4) is 0 Å². The Morgan fingerprint density at radius 3 is 2.59 bits per heavy atom. The van der Waals surface area contributed by atoms with Crippen molar-refractivity contribution in [2.75, 3.05) is 11.9 Å². The van der Waals surface area contributed by atoms with Crippen LogP contribution < -0.4 is 5.32 Å². The van der Waals surface area contributed by atoms with Crippen molar-refractivity contribution in [1.29, 1.82) is 0 Å². The standard InChI is InChI=1S/C13H16BrNO2/c1-8-6-10(14)7-9(2)12(8)15-13(16)11-4-3-5-17-11/h6-7,11H,3-5H2,1-2H3,(H,15,16)/t11-/m0/s1. The van der Waals surface area contributed by atoms with Gasteiger partial charge in [0.05, 0.1) is 0 Å². The summed E-state index contributed by atoms with van der Waals surface area (Å²) in [6, 6.07) is 4.00. The zero-order valence-electron chi connectivity index (χ0n) is 10.0. The maximum absolute atomic E-state index is 12.0. The molecule has 4 heteroatoms. The third-order valence-corrected chi connectivity index (χ3v) is 3.43. The number of rotatable bonds is 2. The minimum Gasteiger partial charge on any atom is -0.368 e. The highest BCUT2D eigenvalue weighted by molar-refractivity contribution is 9.10. The van der Waals surface area contributed by atoms with Gasteiger partial charge in [-0.1, -0.05) is 15.9 Å².